The summed E-state index contributed by atoms with van der Waals surface area (Å²) < 4.78 is 13.4. The van der Waals surface area contributed by atoms with Crippen LogP contribution in [0, 0.1) is 29.1 Å². The van der Waals surface area contributed by atoms with Crippen molar-refractivity contribution >= 4 is 15.9 Å². The smallest absolute Gasteiger partial charge is 0.231 e. The largest absolute Gasteiger partial charge is 1.00 e. The van der Waals surface area contributed by atoms with Crippen LogP contribution in [0.5, 0.6) is 11.5 Å². The first-order valence-corrected chi connectivity index (χ1v) is 15.4. The predicted molar refractivity (Wildman–Crippen MR) is 163 cm³/mol. The number of halogens is 2. The summed E-state index contributed by atoms with van der Waals surface area (Å²) in [5.74, 6) is 3.58. The number of hydrogen-bond donors (Lipinski definition) is 0. The first kappa shape index (κ1) is 29.0. The lowest BCUT2D eigenvalue weighted by Gasteiger charge is -2.38. The zero-order valence-electron chi connectivity index (χ0n) is 23.5. The molecule has 1 aliphatic carbocycles. The lowest BCUT2D eigenvalue weighted by atomic mass is 9.71. The van der Waals surface area contributed by atoms with E-state index in [0.717, 1.165) is 57.5 Å². The van der Waals surface area contributed by atoms with Crippen molar-refractivity contribution in [3.8, 4) is 17.6 Å². The first-order chi connectivity index (χ1) is 20.1. The van der Waals surface area contributed by atoms with Crippen molar-refractivity contribution in [2.24, 2.45) is 17.8 Å². The number of nitriles is 1. The molecule has 4 aromatic rings. The minimum absolute atomic E-state index is 0. The van der Waals surface area contributed by atoms with E-state index in [1.54, 1.807) is 0 Å². The third kappa shape index (κ3) is 5.51. The van der Waals surface area contributed by atoms with Gasteiger partial charge >= 0.3 is 0 Å². The molecule has 3 aliphatic rings. The maximum Gasteiger partial charge on any atom is 0.231 e. The Hall–Kier alpha value is -3.11. The SMILES string of the molecule is N#CC(CC1C2C[N+](CCc3ccc4c(c3)OCO4)(Cc3ccc(Br)cc3)CC12)(c1ccccc1)c1ccccc1.[Br-]. The average Bonchev–Trinajstić information content (AvgIpc) is 3.33. The van der Waals surface area contributed by atoms with Crippen LogP contribution in [0.1, 0.15) is 28.7 Å². The van der Waals surface area contributed by atoms with E-state index >= 15 is 0 Å². The molecule has 42 heavy (non-hydrogen) atoms. The van der Waals surface area contributed by atoms with Gasteiger partial charge in [0.05, 0.1) is 25.7 Å². The van der Waals surface area contributed by atoms with Crippen LogP contribution in [0.4, 0.5) is 0 Å². The zero-order chi connectivity index (χ0) is 27.9. The number of quaternary nitrogens is 1. The molecule has 2 atom stereocenters. The highest BCUT2D eigenvalue weighted by Crippen LogP contribution is 2.60. The quantitative estimate of drug-likeness (QED) is 0.244. The van der Waals surface area contributed by atoms with E-state index in [1.165, 1.54) is 24.2 Å². The third-order valence-corrected chi connectivity index (χ3v) is 10.2. The first-order valence-electron chi connectivity index (χ1n) is 14.6. The summed E-state index contributed by atoms with van der Waals surface area (Å²) in [6, 6.07) is 38.9. The Morgan fingerprint density at radius 2 is 1.38 bits per heavy atom. The summed E-state index contributed by atoms with van der Waals surface area (Å²) in [7, 11) is 0. The molecule has 0 spiro atoms. The molecule has 2 fully saturated rings. The molecule has 2 aliphatic heterocycles. The molecule has 2 unspecified atom stereocenters. The van der Waals surface area contributed by atoms with E-state index in [9.17, 15) is 5.26 Å². The van der Waals surface area contributed by atoms with E-state index in [1.807, 2.05) is 18.2 Å². The van der Waals surface area contributed by atoms with E-state index in [4.69, 9.17) is 9.47 Å². The lowest BCUT2D eigenvalue weighted by molar-refractivity contribution is -0.934. The molecule has 2 heterocycles. The third-order valence-electron chi connectivity index (χ3n) is 9.71. The van der Waals surface area contributed by atoms with Crippen molar-refractivity contribution in [2.75, 3.05) is 26.4 Å². The zero-order valence-corrected chi connectivity index (χ0v) is 26.6. The van der Waals surface area contributed by atoms with Crippen molar-refractivity contribution in [1.29, 1.82) is 5.26 Å². The van der Waals surface area contributed by atoms with Crippen LogP contribution in [0.25, 0.3) is 0 Å². The summed E-state index contributed by atoms with van der Waals surface area (Å²) in [6.07, 6.45) is 1.89. The number of nitrogens with zero attached hydrogens (tertiary/aromatic N) is 2. The number of hydrogen-bond acceptors (Lipinski definition) is 3. The maximum absolute atomic E-state index is 10.7. The normalized spacial score (nSPS) is 23.5. The summed E-state index contributed by atoms with van der Waals surface area (Å²) in [5.41, 5.74) is 4.29. The van der Waals surface area contributed by atoms with Crippen LogP contribution in [-0.4, -0.2) is 30.9 Å². The number of ether oxygens (including phenoxy) is 2. The summed E-state index contributed by atoms with van der Waals surface area (Å²) in [6.45, 7) is 4.78. The van der Waals surface area contributed by atoms with Gasteiger partial charge in [-0.25, -0.2) is 0 Å². The van der Waals surface area contributed by atoms with Gasteiger partial charge in [-0.1, -0.05) is 94.8 Å². The van der Waals surface area contributed by atoms with Crippen molar-refractivity contribution in [1.82, 2.24) is 0 Å². The fourth-order valence-electron chi connectivity index (χ4n) is 7.54. The summed E-state index contributed by atoms with van der Waals surface area (Å²) >= 11 is 3.60. The van der Waals surface area contributed by atoms with Crippen LogP contribution in [-0.2, 0) is 18.4 Å². The van der Waals surface area contributed by atoms with Gasteiger partial charge in [-0.15, -0.1) is 0 Å². The Kier molecular flexibility index (Phi) is 8.20. The van der Waals surface area contributed by atoms with Crippen molar-refractivity contribution in [3.05, 3.63) is 130 Å². The Morgan fingerprint density at radius 3 is 2.00 bits per heavy atom. The fourth-order valence-corrected chi connectivity index (χ4v) is 7.81. The fraction of sp³-hybridized carbons (Fsp3) is 0.306. The van der Waals surface area contributed by atoms with Crippen LogP contribution >= 0.6 is 15.9 Å². The maximum atomic E-state index is 10.7. The minimum atomic E-state index is -0.620. The van der Waals surface area contributed by atoms with Crippen LogP contribution in [0.2, 0.25) is 0 Å². The number of benzene rings is 4. The van der Waals surface area contributed by atoms with E-state index in [-0.39, 0.29) is 17.0 Å². The topological polar surface area (TPSA) is 42.2 Å². The summed E-state index contributed by atoms with van der Waals surface area (Å²) in [5, 5.41) is 10.7. The average molecular weight is 686 g/mol. The van der Waals surface area contributed by atoms with Gasteiger partial charge in [0.15, 0.2) is 11.5 Å². The number of likely N-dealkylation sites (tertiary alicyclic amines) is 1. The Bertz CT molecular complexity index is 1520. The molecule has 0 amide bonds. The van der Waals surface area contributed by atoms with Gasteiger partial charge in [-0.3, -0.25) is 0 Å². The predicted octanol–water partition coefficient (Wildman–Crippen LogP) is 4.52. The standard InChI is InChI=1S/C36H34BrN2O2.BrH/c37-30-14-11-27(12-15-30)21-39(18-17-26-13-16-34-35(19-26)41-25-40-34)22-32-31(33(32)23-39)20-36(24-38,28-7-3-1-4-8-28)29-9-5-2-6-10-29;/h1-16,19,31-33H,17-18,20-23,25H2;1H/q+1;/p-1. The highest BCUT2D eigenvalue weighted by Gasteiger charge is 2.64. The Balaban J connectivity index is 0.00000316. The molecule has 0 radical (unpaired) electrons. The Labute approximate surface area is 267 Å². The highest BCUT2D eigenvalue weighted by atomic mass is 79.9. The molecule has 4 nitrogen and oxygen atoms in total. The molecule has 1 saturated heterocycles. The van der Waals surface area contributed by atoms with Gasteiger partial charge in [0.1, 0.15) is 12.0 Å². The van der Waals surface area contributed by atoms with E-state index in [2.05, 4.69) is 107 Å². The van der Waals surface area contributed by atoms with Gasteiger partial charge < -0.3 is 30.9 Å². The van der Waals surface area contributed by atoms with E-state index in [0.29, 0.717) is 24.5 Å². The van der Waals surface area contributed by atoms with Crippen LogP contribution < -0.4 is 26.5 Å². The molecular weight excluding hydrogens is 652 g/mol. The second kappa shape index (κ2) is 11.9. The number of rotatable bonds is 9. The number of fused-ring (bicyclic) bond motifs is 2. The molecule has 0 bridgehead atoms. The highest BCUT2D eigenvalue weighted by molar-refractivity contribution is 9.10. The van der Waals surface area contributed by atoms with Gasteiger partial charge in [-0.05, 0) is 53.3 Å². The van der Waals surface area contributed by atoms with Gasteiger partial charge in [0, 0.05) is 28.3 Å². The molecule has 1 saturated carbocycles. The van der Waals surface area contributed by atoms with Crippen molar-refractivity contribution in [3.63, 3.8) is 0 Å². The molecular formula is C36H34Br2N2O2. The van der Waals surface area contributed by atoms with Crippen molar-refractivity contribution in [2.45, 2.75) is 24.8 Å². The molecule has 0 N–H and O–H groups in total. The molecule has 6 heteroatoms. The van der Waals surface area contributed by atoms with Crippen LogP contribution in [0.15, 0.2) is 108 Å². The van der Waals surface area contributed by atoms with E-state index < -0.39 is 5.41 Å². The molecule has 4 aromatic carbocycles. The molecule has 7 rings (SSSR count). The number of piperidine rings is 1. The lowest BCUT2D eigenvalue weighted by Crippen LogP contribution is -3.00. The Morgan fingerprint density at radius 1 is 0.786 bits per heavy atom. The van der Waals surface area contributed by atoms with Crippen LogP contribution in [0.3, 0.4) is 0 Å². The van der Waals surface area contributed by atoms with Crippen molar-refractivity contribution < 1.29 is 30.9 Å². The summed E-state index contributed by atoms with van der Waals surface area (Å²) in [4.78, 5) is 0. The van der Waals surface area contributed by atoms with Gasteiger partial charge in [-0.2, -0.15) is 5.26 Å². The second-order valence-corrected chi connectivity index (χ2v) is 13.0. The van der Waals surface area contributed by atoms with Gasteiger partial charge in [0.2, 0.25) is 6.79 Å². The minimum Gasteiger partial charge on any atom is -1.00 e. The monoisotopic (exact) mass is 684 g/mol. The van der Waals surface area contributed by atoms with Gasteiger partial charge in [0.25, 0.3) is 0 Å². The second-order valence-electron chi connectivity index (χ2n) is 12.1. The molecule has 214 valence electrons. The molecule has 0 aromatic heterocycles.